The van der Waals surface area contributed by atoms with Crippen molar-refractivity contribution in [1.29, 1.82) is 0 Å². The fourth-order valence-corrected chi connectivity index (χ4v) is 1.17. The number of nitrogens with zero attached hydrogens (tertiary/aromatic N) is 1. The molecule has 0 unspecified atom stereocenters. The molecule has 0 fully saturated rings. The molecule has 0 atom stereocenters. The van der Waals surface area contributed by atoms with Crippen LogP contribution in [0.1, 0.15) is 19.4 Å². The number of phenolic OH excluding ortho intramolecular Hbond substituents is 1. The van der Waals surface area contributed by atoms with Crippen LogP contribution in [0.2, 0.25) is 0 Å². The highest BCUT2D eigenvalue weighted by Gasteiger charge is 2.06. The molecule has 1 aromatic rings. The van der Waals surface area contributed by atoms with E-state index in [2.05, 4.69) is 10.5 Å². The van der Waals surface area contributed by atoms with E-state index in [0.717, 1.165) is 0 Å². The summed E-state index contributed by atoms with van der Waals surface area (Å²) in [4.78, 5) is 10.7. The topological polar surface area (TPSA) is 81.9 Å². The lowest BCUT2D eigenvalue weighted by Gasteiger charge is -2.06. The number of hydrogen-bond acceptors (Lipinski definition) is 4. The maximum absolute atomic E-state index is 10.7. The number of carbonyl (C=O) groups excluding carboxylic acids is 1. The largest absolute Gasteiger partial charge is 0.507 e. The molecule has 0 saturated carbocycles. The molecule has 0 saturated heterocycles. The van der Waals surface area contributed by atoms with E-state index < -0.39 is 0 Å². The van der Waals surface area contributed by atoms with E-state index >= 15 is 0 Å². The average molecular weight is 208 g/mol. The van der Waals surface area contributed by atoms with E-state index in [1.54, 1.807) is 19.1 Å². The van der Waals surface area contributed by atoms with Crippen molar-refractivity contribution in [3.8, 4) is 5.75 Å². The summed E-state index contributed by atoms with van der Waals surface area (Å²) < 4.78 is 0. The van der Waals surface area contributed by atoms with Gasteiger partial charge in [0.25, 0.3) is 0 Å². The second-order valence-electron chi connectivity index (χ2n) is 3.10. The molecule has 3 N–H and O–H groups in total. The highest BCUT2D eigenvalue weighted by molar-refractivity contribution is 6.01. The fraction of sp³-hybridized carbons (Fsp3) is 0.200. The Morgan fingerprint density at radius 1 is 1.40 bits per heavy atom. The van der Waals surface area contributed by atoms with Gasteiger partial charge in [-0.3, -0.25) is 4.79 Å². The minimum absolute atomic E-state index is 0.0449. The number of hydrogen-bond donors (Lipinski definition) is 3. The third-order valence-electron chi connectivity index (χ3n) is 1.86. The van der Waals surface area contributed by atoms with Gasteiger partial charge in [0.2, 0.25) is 5.91 Å². The summed E-state index contributed by atoms with van der Waals surface area (Å²) >= 11 is 0. The van der Waals surface area contributed by atoms with Crippen molar-refractivity contribution in [2.45, 2.75) is 13.8 Å². The van der Waals surface area contributed by atoms with Gasteiger partial charge in [0.1, 0.15) is 5.75 Å². The van der Waals surface area contributed by atoms with Gasteiger partial charge in [-0.25, -0.2) is 0 Å². The number of oxime groups is 1. The van der Waals surface area contributed by atoms with Crippen LogP contribution in [0.25, 0.3) is 0 Å². The minimum Gasteiger partial charge on any atom is -0.507 e. The number of carbonyl (C=O) groups is 1. The van der Waals surface area contributed by atoms with Gasteiger partial charge in [0, 0.05) is 24.2 Å². The van der Waals surface area contributed by atoms with E-state index in [1.807, 2.05) is 0 Å². The lowest BCUT2D eigenvalue weighted by molar-refractivity contribution is -0.114. The molecular formula is C10H12N2O3. The van der Waals surface area contributed by atoms with Gasteiger partial charge in [-0.05, 0) is 19.1 Å². The smallest absolute Gasteiger partial charge is 0.221 e. The normalized spacial score (nSPS) is 11.2. The highest BCUT2D eigenvalue weighted by atomic mass is 16.4. The van der Waals surface area contributed by atoms with Gasteiger partial charge in [-0.2, -0.15) is 0 Å². The summed E-state index contributed by atoms with van der Waals surface area (Å²) in [5, 5.41) is 23.6. The Morgan fingerprint density at radius 2 is 2.07 bits per heavy atom. The Balaban J connectivity index is 3.03. The van der Waals surface area contributed by atoms with Crippen molar-refractivity contribution >= 4 is 17.3 Å². The number of nitrogens with one attached hydrogen (secondary N) is 1. The minimum atomic E-state index is -0.213. The molecule has 0 aliphatic rings. The first-order valence-electron chi connectivity index (χ1n) is 4.34. The number of rotatable bonds is 2. The van der Waals surface area contributed by atoms with Gasteiger partial charge in [-0.15, -0.1) is 0 Å². The van der Waals surface area contributed by atoms with Crippen molar-refractivity contribution in [2.24, 2.45) is 5.16 Å². The predicted octanol–water partition coefficient (Wildman–Crippen LogP) is 1.55. The number of benzene rings is 1. The van der Waals surface area contributed by atoms with Gasteiger partial charge in [-0.1, -0.05) is 5.16 Å². The Hall–Kier alpha value is -2.04. The first-order chi connectivity index (χ1) is 7.04. The molecule has 0 aliphatic heterocycles. The molecule has 80 valence electrons. The molecule has 0 spiro atoms. The molecule has 1 rings (SSSR count). The van der Waals surface area contributed by atoms with Crippen LogP contribution in [-0.2, 0) is 4.79 Å². The summed E-state index contributed by atoms with van der Waals surface area (Å²) in [6, 6.07) is 4.58. The van der Waals surface area contributed by atoms with Crippen molar-refractivity contribution < 1.29 is 15.1 Å². The zero-order valence-corrected chi connectivity index (χ0v) is 8.48. The van der Waals surface area contributed by atoms with Crippen LogP contribution in [0, 0.1) is 0 Å². The Morgan fingerprint density at radius 3 is 2.53 bits per heavy atom. The predicted molar refractivity (Wildman–Crippen MR) is 56.4 cm³/mol. The number of aromatic hydroxyl groups is 1. The zero-order valence-electron chi connectivity index (χ0n) is 8.48. The molecule has 0 aromatic heterocycles. The number of anilines is 1. The Kier molecular flexibility index (Phi) is 3.28. The maximum Gasteiger partial charge on any atom is 0.221 e. The second-order valence-corrected chi connectivity index (χ2v) is 3.10. The van der Waals surface area contributed by atoms with Crippen LogP contribution in [0.4, 0.5) is 5.69 Å². The van der Waals surface area contributed by atoms with Crippen molar-refractivity contribution in [3.63, 3.8) is 0 Å². The van der Waals surface area contributed by atoms with Gasteiger partial charge in [0.15, 0.2) is 0 Å². The standard InChI is InChI=1S/C10H12N2O3/c1-6(12-15)9-4-3-8(5-10(9)14)11-7(2)13/h3-5,14-15H,1-2H3,(H,11,13). The summed E-state index contributed by atoms with van der Waals surface area (Å²) in [7, 11) is 0. The Bertz CT molecular complexity index is 413. The van der Waals surface area contributed by atoms with Gasteiger partial charge >= 0.3 is 0 Å². The van der Waals surface area contributed by atoms with Crippen molar-refractivity contribution in [2.75, 3.05) is 5.32 Å². The van der Waals surface area contributed by atoms with E-state index in [-0.39, 0.29) is 11.7 Å². The SMILES string of the molecule is CC(=O)Nc1ccc(C(C)=NO)c(O)c1. The van der Waals surface area contributed by atoms with Crippen LogP contribution in [-0.4, -0.2) is 21.9 Å². The quantitative estimate of drug-likeness (QED) is 0.391. The molecule has 15 heavy (non-hydrogen) atoms. The van der Waals surface area contributed by atoms with Crippen LogP contribution < -0.4 is 5.32 Å². The number of amides is 1. The van der Waals surface area contributed by atoms with Crippen LogP contribution in [0.3, 0.4) is 0 Å². The molecule has 1 aromatic carbocycles. The summed E-state index contributed by atoms with van der Waals surface area (Å²) in [5.74, 6) is -0.258. The first kappa shape index (κ1) is 11.0. The van der Waals surface area contributed by atoms with Gasteiger partial charge < -0.3 is 15.6 Å². The molecule has 0 aliphatic carbocycles. The van der Waals surface area contributed by atoms with E-state index in [4.69, 9.17) is 5.21 Å². The monoisotopic (exact) mass is 208 g/mol. The van der Waals surface area contributed by atoms with Crippen molar-refractivity contribution in [3.05, 3.63) is 23.8 Å². The molecule has 5 nitrogen and oxygen atoms in total. The highest BCUT2D eigenvalue weighted by Crippen LogP contribution is 2.22. The van der Waals surface area contributed by atoms with Crippen molar-refractivity contribution in [1.82, 2.24) is 0 Å². The lowest BCUT2D eigenvalue weighted by Crippen LogP contribution is -2.06. The third-order valence-corrected chi connectivity index (χ3v) is 1.86. The lowest BCUT2D eigenvalue weighted by atomic mass is 10.1. The zero-order chi connectivity index (χ0) is 11.4. The number of phenols is 1. The molecule has 1 amide bonds. The summed E-state index contributed by atoms with van der Waals surface area (Å²) in [6.07, 6.45) is 0. The van der Waals surface area contributed by atoms with E-state index in [1.165, 1.54) is 13.0 Å². The Labute approximate surface area is 87.0 Å². The van der Waals surface area contributed by atoms with Crippen LogP contribution in [0.15, 0.2) is 23.4 Å². The van der Waals surface area contributed by atoms with E-state index in [9.17, 15) is 9.90 Å². The fourth-order valence-electron chi connectivity index (χ4n) is 1.17. The van der Waals surface area contributed by atoms with Crippen LogP contribution >= 0.6 is 0 Å². The summed E-state index contributed by atoms with van der Waals surface area (Å²) in [5.41, 5.74) is 1.22. The average Bonchev–Trinajstić information content (AvgIpc) is 2.16. The molecule has 5 heteroatoms. The molecular weight excluding hydrogens is 196 g/mol. The molecule has 0 bridgehead atoms. The van der Waals surface area contributed by atoms with Gasteiger partial charge in [0.05, 0.1) is 5.71 Å². The summed E-state index contributed by atoms with van der Waals surface area (Å²) in [6.45, 7) is 2.94. The van der Waals surface area contributed by atoms with E-state index in [0.29, 0.717) is 17.0 Å². The maximum atomic E-state index is 10.7. The second kappa shape index (κ2) is 4.45. The first-order valence-corrected chi connectivity index (χ1v) is 4.34. The molecule has 0 radical (unpaired) electrons. The third kappa shape index (κ3) is 2.70. The molecule has 0 heterocycles. The van der Waals surface area contributed by atoms with Crippen LogP contribution in [0.5, 0.6) is 5.75 Å².